The SMILES string of the molecule is NC(=O)c1c([CH]CCCCO)cccc1C(F)(F)F. The van der Waals surface area contributed by atoms with E-state index in [-0.39, 0.29) is 12.2 Å². The van der Waals surface area contributed by atoms with Crippen LogP contribution in [-0.2, 0) is 6.18 Å². The summed E-state index contributed by atoms with van der Waals surface area (Å²) in [6.45, 7) is 0.0269. The molecule has 1 aromatic rings. The van der Waals surface area contributed by atoms with Crippen LogP contribution >= 0.6 is 0 Å². The van der Waals surface area contributed by atoms with Gasteiger partial charge in [0.25, 0.3) is 0 Å². The number of primary amides is 1. The molecule has 0 aromatic heterocycles. The molecule has 3 N–H and O–H groups in total. The van der Waals surface area contributed by atoms with Gasteiger partial charge in [0, 0.05) is 6.61 Å². The van der Waals surface area contributed by atoms with Gasteiger partial charge >= 0.3 is 6.18 Å². The molecule has 1 rings (SSSR count). The molecule has 6 heteroatoms. The lowest BCUT2D eigenvalue weighted by atomic mass is 9.96. The van der Waals surface area contributed by atoms with E-state index in [9.17, 15) is 18.0 Å². The third kappa shape index (κ3) is 4.24. The maximum atomic E-state index is 12.8. The molecular formula is C13H15F3NO2. The van der Waals surface area contributed by atoms with Crippen LogP contribution in [0.15, 0.2) is 18.2 Å². The summed E-state index contributed by atoms with van der Waals surface area (Å²) in [5, 5.41) is 8.62. The summed E-state index contributed by atoms with van der Waals surface area (Å²) < 4.78 is 38.3. The average Bonchev–Trinajstić information content (AvgIpc) is 2.33. The second-order valence-electron chi connectivity index (χ2n) is 4.06. The number of benzene rings is 1. The summed E-state index contributed by atoms with van der Waals surface area (Å²) in [5.41, 5.74) is 3.71. The van der Waals surface area contributed by atoms with E-state index < -0.39 is 23.2 Å². The number of aliphatic hydroxyl groups is 1. The van der Waals surface area contributed by atoms with Crippen molar-refractivity contribution in [2.24, 2.45) is 5.73 Å². The van der Waals surface area contributed by atoms with E-state index in [1.165, 1.54) is 18.6 Å². The van der Waals surface area contributed by atoms with Crippen LogP contribution in [0, 0.1) is 6.42 Å². The molecule has 0 unspecified atom stereocenters. The molecule has 0 saturated carbocycles. The minimum Gasteiger partial charge on any atom is -0.396 e. The number of carbonyl (C=O) groups is 1. The molecule has 1 radical (unpaired) electrons. The smallest absolute Gasteiger partial charge is 0.396 e. The number of nitrogens with two attached hydrogens (primary N) is 1. The molecule has 0 bridgehead atoms. The number of hydrogen-bond acceptors (Lipinski definition) is 2. The quantitative estimate of drug-likeness (QED) is 0.783. The van der Waals surface area contributed by atoms with Crippen LogP contribution in [0.5, 0.6) is 0 Å². The Hall–Kier alpha value is -1.56. The monoisotopic (exact) mass is 274 g/mol. The largest absolute Gasteiger partial charge is 0.417 e. The fraction of sp³-hybridized carbons (Fsp3) is 0.385. The minimum atomic E-state index is -4.61. The van der Waals surface area contributed by atoms with Gasteiger partial charge in [0.2, 0.25) is 5.91 Å². The van der Waals surface area contributed by atoms with Gasteiger partial charge in [-0.15, -0.1) is 0 Å². The highest BCUT2D eigenvalue weighted by Crippen LogP contribution is 2.33. The fourth-order valence-electron chi connectivity index (χ4n) is 1.77. The molecule has 0 aliphatic rings. The first-order valence-corrected chi connectivity index (χ1v) is 5.82. The number of alkyl halides is 3. The summed E-state index contributed by atoms with van der Waals surface area (Å²) in [7, 11) is 0. The Morgan fingerprint density at radius 1 is 1.32 bits per heavy atom. The van der Waals surface area contributed by atoms with Gasteiger partial charge in [0.15, 0.2) is 0 Å². The Kier molecular flexibility index (Phi) is 5.35. The molecule has 3 nitrogen and oxygen atoms in total. The molecule has 0 spiro atoms. The van der Waals surface area contributed by atoms with Crippen molar-refractivity contribution in [3.8, 4) is 0 Å². The summed E-state index contributed by atoms with van der Waals surface area (Å²) in [6, 6.07) is 3.51. The number of hydrogen-bond donors (Lipinski definition) is 2. The zero-order valence-electron chi connectivity index (χ0n) is 10.2. The van der Waals surface area contributed by atoms with Gasteiger partial charge in [0.05, 0.1) is 11.1 Å². The van der Waals surface area contributed by atoms with Crippen LogP contribution < -0.4 is 5.73 Å². The first-order valence-electron chi connectivity index (χ1n) is 5.82. The van der Waals surface area contributed by atoms with Gasteiger partial charge in [0.1, 0.15) is 0 Å². The lowest BCUT2D eigenvalue weighted by Crippen LogP contribution is -2.20. The number of halogens is 3. The topological polar surface area (TPSA) is 63.3 Å². The highest BCUT2D eigenvalue weighted by Gasteiger charge is 2.35. The molecule has 0 saturated heterocycles. The lowest BCUT2D eigenvalue weighted by molar-refractivity contribution is -0.137. The highest BCUT2D eigenvalue weighted by molar-refractivity contribution is 5.96. The molecule has 0 aliphatic heterocycles. The van der Waals surface area contributed by atoms with Gasteiger partial charge < -0.3 is 10.8 Å². The Bertz CT molecular complexity index is 444. The van der Waals surface area contributed by atoms with Crippen LogP contribution in [0.3, 0.4) is 0 Å². The van der Waals surface area contributed by atoms with Crippen LogP contribution in [0.1, 0.15) is 40.7 Å². The molecular weight excluding hydrogens is 259 g/mol. The van der Waals surface area contributed by atoms with E-state index in [1.807, 2.05) is 0 Å². The van der Waals surface area contributed by atoms with Crippen LogP contribution in [-0.4, -0.2) is 17.6 Å². The summed E-state index contributed by atoms with van der Waals surface area (Å²) in [4.78, 5) is 11.2. The van der Waals surface area contributed by atoms with E-state index in [4.69, 9.17) is 10.8 Å². The molecule has 1 amide bonds. The third-order valence-electron chi connectivity index (χ3n) is 2.62. The van der Waals surface area contributed by atoms with Crippen molar-refractivity contribution in [3.05, 3.63) is 41.3 Å². The Balaban J connectivity index is 3.01. The van der Waals surface area contributed by atoms with E-state index in [0.29, 0.717) is 19.3 Å². The summed E-state index contributed by atoms with van der Waals surface area (Å²) >= 11 is 0. The summed E-state index contributed by atoms with van der Waals surface area (Å²) in [6.07, 6.45) is -1.42. The molecule has 0 fully saturated rings. The van der Waals surface area contributed by atoms with Gasteiger partial charge in [-0.25, -0.2) is 0 Å². The normalized spacial score (nSPS) is 11.6. The Morgan fingerprint density at radius 2 is 2.00 bits per heavy atom. The van der Waals surface area contributed by atoms with E-state index >= 15 is 0 Å². The van der Waals surface area contributed by atoms with E-state index in [2.05, 4.69) is 0 Å². The molecule has 19 heavy (non-hydrogen) atoms. The second-order valence-corrected chi connectivity index (χ2v) is 4.06. The van der Waals surface area contributed by atoms with Crippen molar-refractivity contribution in [1.29, 1.82) is 0 Å². The first kappa shape index (κ1) is 15.5. The number of rotatable bonds is 6. The van der Waals surface area contributed by atoms with Gasteiger partial charge in [-0.05, 0) is 30.9 Å². The Morgan fingerprint density at radius 3 is 2.53 bits per heavy atom. The predicted octanol–water partition coefficient (Wildman–Crippen LogP) is 2.52. The van der Waals surface area contributed by atoms with Crippen molar-refractivity contribution >= 4 is 5.91 Å². The van der Waals surface area contributed by atoms with E-state index in [0.717, 1.165) is 6.07 Å². The minimum absolute atomic E-state index is 0.0269. The van der Waals surface area contributed by atoms with Crippen LogP contribution in [0.25, 0.3) is 0 Å². The predicted molar refractivity (Wildman–Crippen MR) is 64.3 cm³/mol. The van der Waals surface area contributed by atoms with Crippen molar-refractivity contribution in [2.75, 3.05) is 6.61 Å². The maximum Gasteiger partial charge on any atom is 0.417 e. The van der Waals surface area contributed by atoms with Gasteiger partial charge in [-0.2, -0.15) is 13.2 Å². The van der Waals surface area contributed by atoms with Crippen molar-refractivity contribution < 1.29 is 23.1 Å². The van der Waals surface area contributed by atoms with Crippen molar-refractivity contribution in [1.82, 2.24) is 0 Å². The molecule has 0 heterocycles. The van der Waals surface area contributed by atoms with Crippen molar-refractivity contribution in [2.45, 2.75) is 25.4 Å². The summed E-state index contributed by atoms with van der Waals surface area (Å²) in [5.74, 6) is -1.10. The van der Waals surface area contributed by atoms with Crippen molar-refractivity contribution in [3.63, 3.8) is 0 Å². The second kappa shape index (κ2) is 6.56. The zero-order chi connectivity index (χ0) is 14.5. The maximum absolute atomic E-state index is 12.8. The molecule has 105 valence electrons. The first-order chi connectivity index (χ1) is 8.88. The fourth-order valence-corrected chi connectivity index (χ4v) is 1.77. The van der Waals surface area contributed by atoms with E-state index in [1.54, 1.807) is 0 Å². The number of amides is 1. The number of aliphatic hydroxyl groups excluding tert-OH is 1. The molecule has 0 aliphatic carbocycles. The number of carbonyl (C=O) groups excluding carboxylic acids is 1. The zero-order valence-corrected chi connectivity index (χ0v) is 10.2. The van der Waals surface area contributed by atoms with Gasteiger partial charge in [-0.1, -0.05) is 18.6 Å². The van der Waals surface area contributed by atoms with Crippen LogP contribution in [0.2, 0.25) is 0 Å². The van der Waals surface area contributed by atoms with Gasteiger partial charge in [-0.3, -0.25) is 4.79 Å². The Labute approximate surface area is 109 Å². The molecule has 0 atom stereocenters. The van der Waals surface area contributed by atoms with Crippen LogP contribution in [0.4, 0.5) is 13.2 Å². The lowest BCUT2D eigenvalue weighted by Gasteiger charge is -2.14. The third-order valence-corrected chi connectivity index (χ3v) is 2.62. The number of unbranched alkanes of at least 4 members (excludes halogenated alkanes) is 2. The molecule has 1 aromatic carbocycles. The standard InChI is InChI=1S/C13H15F3NO2/c14-13(15,16)10-7-4-6-9(11(10)12(17)19)5-2-1-3-8-18/h4-7,18H,1-3,8H2,(H2,17,19). The highest BCUT2D eigenvalue weighted by atomic mass is 19.4. The average molecular weight is 274 g/mol.